The van der Waals surface area contributed by atoms with E-state index in [2.05, 4.69) is 33.2 Å². The molecule has 2 aromatic heterocycles. The van der Waals surface area contributed by atoms with Crippen LogP contribution in [0.1, 0.15) is 0 Å². The van der Waals surface area contributed by atoms with Gasteiger partial charge in [-0.1, -0.05) is 60.7 Å². The number of rotatable bonds is 4. The van der Waals surface area contributed by atoms with E-state index in [4.69, 9.17) is 4.74 Å². The summed E-state index contributed by atoms with van der Waals surface area (Å²) in [6.45, 7) is 0. The predicted molar refractivity (Wildman–Crippen MR) is 111 cm³/mol. The van der Waals surface area contributed by atoms with Crippen LogP contribution in [-0.4, -0.2) is 15.0 Å². The molecule has 0 saturated carbocycles. The minimum Gasteiger partial charge on any atom is -0.457 e. The molecular formula is C24H17N3O. The molecule has 0 fully saturated rings. The lowest BCUT2D eigenvalue weighted by Crippen LogP contribution is -1.85. The molecule has 0 aliphatic heterocycles. The Hall–Kier alpha value is -3.92. The Bertz CT molecular complexity index is 1230. The summed E-state index contributed by atoms with van der Waals surface area (Å²) in [6.07, 6.45) is 1.86. The van der Waals surface area contributed by atoms with E-state index in [9.17, 15) is 0 Å². The van der Waals surface area contributed by atoms with Gasteiger partial charge in [-0.2, -0.15) is 0 Å². The molecule has 0 aliphatic carbocycles. The molecule has 0 bridgehead atoms. The lowest BCUT2D eigenvalue weighted by Gasteiger charge is -2.06. The van der Waals surface area contributed by atoms with Crippen LogP contribution < -0.4 is 4.74 Å². The third kappa shape index (κ3) is 3.23. The van der Waals surface area contributed by atoms with Crippen LogP contribution in [0.5, 0.6) is 11.5 Å². The Labute approximate surface area is 162 Å². The van der Waals surface area contributed by atoms with Crippen molar-refractivity contribution in [3.63, 3.8) is 0 Å². The van der Waals surface area contributed by atoms with Gasteiger partial charge >= 0.3 is 0 Å². The Morgan fingerprint density at radius 1 is 0.643 bits per heavy atom. The van der Waals surface area contributed by atoms with Crippen molar-refractivity contribution in [2.75, 3.05) is 0 Å². The van der Waals surface area contributed by atoms with Crippen LogP contribution in [0.3, 0.4) is 0 Å². The second kappa shape index (κ2) is 7.00. The number of ether oxygens (including phenoxy) is 1. The Morgan fingerprint density at radius 3 is 2.18 bits per heavy atom. The highest BCUT2D eigenvalue weighted by Crippen LogP contribution is 2.28. The number of nitrogens with one attached hydrogen (secondary N) is 1. The molecule has 1 N–H and O–H groups in total. The number of hydrogen-bond donors (Lipinski definition) is 1. The average Bonchev–Trinajstić information content (AvgIpc) is 3.19. The second-order valence-electron chi connectivity index (χ2n) is 6.49. The molecule has 134 valence electrons. The quantitative estimate of drug-likeness (QED) is 0.421. The van der Waals surface area contributed by atoms with Crippen molar-refractivity contribution in [3.05, 3.63) is 97.2 Å². The number of para-hydroxylation sites is 1. The Morgan fingerprint density at radius 2 is 1.36 bits per heavy atom. The summed E-state index contributed by atoms with van der Waals surface area (Å²) >= 11 is 0. The van der Waals surface area contributed by atoms with Crippen LogP contribution in [0.25, 0.3) is 33.7 Å². The molecule has 4 nitrogen and oxygen atoms in total. The average molecular weight is 363 g/mol. The molecule has 0 spiro atoms. The summed E-state index contributed by atoms with van der Waals surface area (Å²) in [5, 5.41) is 0. The van der Waals surface area contributed by atoms with Crippen LogP contribution in [0.4, 0.5) is 0 Å². The number of imidazole rings is 1. The van der Waals surface area contributed by atoms with Crippen molar-refractivity contribution in [3.8, 4) is 34.0 Å². The van der Waals surface area contributed by atoms with Crippen molar-refractivity contribution >= 4 is 11.2 Å². The summed E-state index contributed by atoms with van der Waals surface area (Å²) in [6, 6.07) is 29.9. The van der Waals surface area contributed by atoms with E-state index >= 15 is 0 Å². The molecule has 0 saturated heterocycles. The maximum absolute atomic E-state index is 5.93. The number of aromatic nitrogens is 3. The number of nitrogens with zero attached hydrogens (tertiary/aromatic N) is 2. The monoisotopic (exact) mass is 363 g/mol. The molecule has 0 radical (unpaired) electrons. The van der Waals surface area contributed by atoms with Gasteiger partial charge in [-0.3, -0.25) is 0 Å². The third-order valence-corrected chi connectivity index (χ3v) is 4.53. The highest BCUT2D eigenvalue weighted by atomic mass is 16.5. The topological polar surface area (TPSA) is 50.8 Å². The summed E-state index contributed by atoms with van der Waals surface area (Å²) in [4.78, 5) is 12.5. The molecule has 4 heteroatoms. The van der Waals surface area contributed by atoms with Crippen LogP contribution in [0.15, 0.2) is 97.2 Å². The molecule has 3 aromatic carbocycles. The first-order valence-corrected chi connectivity index (χ1v) is 9.10. The molecule has 5 aromatic rings. The van der Waals surface area contributed by atoms with E-state index < -0.39 is 0 Å². The molecule has 5 rings (SSSR count). The van der Waals surface area contributed by atoms with Gasteiger partial charge in [0.1, 0.15) is 17.3 Å². The first kappa shape index (κ1) is 16.3. The summed E-state index contributed by atoms with van der Waals surface area (Å²) in [5.41, 5.74) is 4.75. The number of H-pyrrole nitrogens is 1. The third-order valence-electron chi connectivity index (χ3n) is 4.53. The van der Waals surface area contributed by atoms with E-state index in [-0.39, 0.29) is 0 Å². The van der Waals surface area contributed by atoms with E-state index in [0.29, 0.717) is 5.65 Å². The Balaban J connectivity index is 1.48. The number of benzene rings is 3. The lowest BCUT2D eigenvalue weighted by atomic mass is 10.1. The molecule has 0 aliphatic rings. The van der Waals surface area contributed by atoms with Crippen molar-refractivity contribution in [2.24, 2.45) is 0 Å². The maximum atomic E-state index is 5.93. The number of aromatic amines is 1. The zero-order valence-corrected chi connectivity index (χ0v) is 15.0. The molecular weight excluding hydrogens is 346 g/mol. The van der Waals surface area contributed by atoms with Crippen LogP contribution >= 0.6 is 0 Å². The van der Waals surface area contributed by atoms with E-state index in [1.54, 1.807) is 0 Å². The largest absolute Gasteiger partial charge is 0.457 e. The lowest BCUT2D eigenvalue weighted by molar-refractivity contribution is 0.483. The standard InChI is InChI=1S/C24H17N3O/c1-3-8-17(9-4-1)19-15-22-24(25-16-19)27-23(26-22)18-10-7-13-21(14-18)28-20-11-5-2-6-12-20/h1-16H,(H,25,26,27). The fraction of sp³-hybridized carbons (Fsp3) is 0. The van der Waals surface area contributed by atoms with Gasteiger partial charge in [0.2, 0.25) is 0 Å². The minimum absolute atomic E-state index is 0.698. The first-order chi connectivity index (χ1) is 13.8. The van der Waals surface area contributed by atoms with Gasteiger partial charge < -0.3 is 9.72 Å². The first-order valence-electron chi connectivity index (χ1n) is 9.10. The molecule has 0 amide bonds. The van der Waals surface area contributed by atoms with Crippen molar-refractivity contribution < 1.29 is 4.74 Å². The Kier molecular flexibility index (Phi) is 4.07. The van der Waals surface area contributed by atoms with Crippen molar-refractivity contribution in [1.82, 2.24) is 15.0 Å². The summed E-state index contributed by atoms with van der Waals surface area (Å²) < 4.78 is 5.93. The SMILES string of the molecule is c1ccc(Oc2cccc(-c3nc4ncc(-c5ccccc5)cc4[nH]3)c2)cc1. The number of hydrogen-bond acceptors (Lipinski definition) is 3. The maximum Gasteiger partial charge on any atom is 0.178 e. The smallest absolute Gasteiger partial charge is 0.178 e. The van der Waals surface area contributed by atoms with Gasteiger partial charge in [-0.15, -0.1) is 0 Å². The fourth-order valence-electron chi connectivity index (χ4n) is 3.16. The molecule has 2 heterocycles. The highest BCUT2D eigenvalue weighted by molar-refractivity contribution is 5.81. The van der Waals surface area contributed by atoms with E-state index in [1.807, 2.05) is 79.0 Å². The molecule has 0 atom stereocenters. The van der Waals surface area contributed by atoms with Gasteiger partial charge in [0.05, 0.1) is 5.52 Å². The molecule has 28 heavy (non-hydrogen) atoms. The van der Waals surface area contributed by atoms with E-state index in [0.717, 1.165) is 39.5 Å². The number of fused-ring (bicyclic) bond motifs is 1. The van der Waals surface area contributed by atoms with E-state index in [1.165, 1.54) is 0 Å². The number of pyridine rings is 1. The van der Waals surface area contributed by atoms with Crippen LogP contribution in [0.2, 0.25) is 0 Å². The molecule has 0 unspecified atom stereocenters. The van der Waals surface area contributed by atoms with Gasteiger partial charge in [0.25, 0.3) is 0 Å². The van der Waals surface area contributed by atoms with Gasteiger partial charge in [-0.05, 0) is 35.9 Å². The second-order valence-corrected chi connectivity index (χ2v) is 6.49. The highest BCUT2D eigenvalue weighted by Gasteiger charge is 2.09. The zero-order valence-electron chi connectivity index (χ0n) is 15.0. The van der Waals surface area contributed by atoms with Crippen LogP contribution in [0, 0.1) is 0 Å². The normalized spacial score (nSPS) is 10.9. The van der Waals surface area contributed by atoms with Gasteiger partial charge in [-0.25, -0.2) is 9.97 Å². The van der Waals surface area contributed by atoms with Gasteiger partial charge in [0, 0.05) is 17.3 Å². The summed E-state index contributed by atoms with van der Waals surface area (Å²) in [7, 11) is 0. The fourth-order valence-corrected chi connectivity index (χ4v) is 3.16. The van der Waals surface area contributed by atoms with Crippen molar-refractivity contribution in [1.29, 1.82) is 0 Å². The summed E-state index contributed by atoms with van der Waals surface area (Å²) in [5.74, 6) is 2.34. The van der Waals surface area contributed by atoms with Gasteiger partial charge in [0.15, 0.2) is 5.65 Å². The zero-order chi connectivity index (χ0) is 18.8. The van der Waals surface area contributed by atoms with Crippen LogP contribution in [-0.2, 0) is 0 Å². The minimum atomic E-state index is 0.698. The van der Waals surface area contributed by atoms with Crippen molar-refractivity contribution in [2.45, 2.75) is 0 Å². The predicted octanol–water partition coefficient (Wildman–Crippen LogP) is 6.08.